The van der Waals surface area contributed by atoms with Gasteiger partial charge in [-0.2, -0.15) is 0 Å². The molecule has 1 saturated carbocycles. The molecule has 1 N–H and O–H groups in total. The van der Waals surface area contributed by atoms with Crippen LogP contribution in [0.1, 0.15) is 43.1 Å². The maximum atomic E-state index is 11.2. The predicted molar refractivity (Wildman–Crippen MR) is 60.3 cm³/mol. The maximum Gasteiger partial charge on any atom is 0.308 e. The van der Waals surface area contributed by atoms with Gasteiger partial charge in [0.05, 0.1) is 17.9 Å². The Morgan fingerprint density at radius 3 is 2.69 bits per heavy atom. The number of aryl methyl sites for hydroxylation is 1. The molecule has 1 heterocycles. The Hall–Kier alpha value is -1.32. The van der Waals surface area contributed by atoms with Gasteiger partial charge in [-0.05, 0) is 26.7 Å². The summed E-state index contributed by atoms with van der Waals surface area (Å²) in [7, 11) is 0. The summed E-state index contributed by atoms with van der Waals surface area (Å²) in [5, 5.41) is 9.23. The number of carboxylic acids is 1. The molecule has 4 heteroatoms. The molecule has 4 nitrogen and oxygen atoms in total. The fraction of sp³-hybridized carbons (Fsp3) is 0.667. The Morgan fingerprint density at radius 1 is 1.44 bits per heavy atom. The number of aromatic nitrogens is 2. The molecular weight excluding hydrogens is 204 g/mol. The van der Waals surface area contributed by atoms with E-state index in [-0.39, 0.29) is 12.0 Å². The number of nitrogens with zero attached hydrogens (tertiary/aromatic N) is 2. The van der Waals surface area contributed by atoms with E-state index in [0.29, 0.717) is 0 Å². The smallest absolute Gasteiger partial charge is 0.308 e. The Morgan fingerprint density at radius 2 is 2.12 bits per heavy atom. The standard InChI is InChI=1S/C12H18N2O2/c1-8-9(2)14(7-13-8)11-6-4-3-5-10(11)12(15)16/h7,10-11H,3-6H2,1-2H3,(H,15,16). The van der Waals surface area contributed by atoms with Crippen molar-refractivity contribution in [1.82, 2.24) is 9.55 Å². The van der Waals surface area contributed by atoms with Gasteiger partial charge in [0.2, 0.25) is 0 Å². The summed E-state index contributed by atoms with van der Waals surface area (Å²) in [6, 6.07) is 0.0902. The first-order valence-electron chi connectivity index (χ1n) is 5.84. The van der Waals surface area contributed by atoms with Gasteiger partial charge in [0, 0.05) is 11.7 Å². The molecule has 2 atom stereocenters. The highest BCUT2D eigenvalue weighted by molar-refractivity contribution is 5.70. The normalized spacial score (nSPS) is 25.6. The molecule has 1 fully saturated rings. The second kappa shape index (κ2) is 4.28. The number of rotatable bonds is 2. The molecule has 1 aromatic heterocycles. The van der Waals surface area contributed by atoms with Gasteiger partial charge in [0.15, 0.2) is 0 Å². The van der Waals surface area contributed by atoms with Gasteiger partial charge in [-0.25, -0.2) is 4.98 Å². The molecule has 0 bridgehead atoms. The van der Waals surface area contributed by atoms with Gasteiger partial charge in [-0.3, -0.25) is 4.79 Å². The van der Waals surface area contributed by atoms with E-state index in [4.69, 9.17) is 0 Å². The van der Waals surface area contributed by atoms with Crippen LogP contribution in [0.2, 0.25) is 0 Å². The van der Waals surface area contributed by atoms with Gasteiger partial charge in [0.25, 0.3) is 0 Å². The summed E-state index contributed by atoms with van der Waals surface area (Å²) in [4.78, 5) is 15.5. The first-order chi connectivity index (χ1) is 7.61. The zero-order chi connectivity index (χ0) is 11.7. The van der Waals surface area contributed by atoms with Crippen molar-refractivity contribution in [1.29, 1.82) is 0 Å². The molecule has 0 spiro atoms. The lowest BCUT2D eigenvalue weighted by atomic mass is 9.84. The summed E-state index contributed by atoms with van der Waals surface area (Å²) < 4.78 is 2.05. The van der Waals surface area contributed by atoms with Crippen molar-refractivity contribution in [2.24, 2.45) is 5.92 Å². The van der Waals surface area contributed by atoms with Crippen LogP contribution in [0, 0.1) is 19.8 Å². The highest BCUT2D eigenvalue weighted by Crippen LogP contribution is 2.35. The Balaban J connectivity index is 2.30. The van der Waals surface area contributed by atoms with Crippen LogP contribution in [-0.2, 0) is 4.79 Å². The average Bonchev–Trinajstić information content (AvgIpc) is 2.60. The van der Waals surface area contributed by atoms with Gasteiger partial charge < -0.3 is 9.67 Å². The number of carboxylic acid groups (broad SMARTS) is 1. The fourth-order valence-corrected chi connectivity index (χ4v) is 2.58. The third kappa shape index (κ3) is 1.84. The summed E-state index contributed by atoms with van der Waals surface area (Å²) in [5.74, 6) is -0.920. The monoisotopic (exact) mass is 222 g/mol. The molecule has 1 aromatic rings. The van der Waals surface area contributed by atoms with E-state index in [0.717, 1.165) is 37.1 Å². The van der Waals surface area contributed by atoms with Crippen LogP contribution in [-0.4, -0.2) is 20.6 Å². The van der Waals surface area contributed by atoms with Crippen molar-refractivity contribution in [3.8, 4) is 0 Å². The Kier molecular flexibility index (Phi) is 2.99. The van der Waals surface area contributed by atoms with Crippen LogP contribution in [0.5, 0.6) is 0 Å². The number of aliphatic carboxylic acids is 1. The minimum atomic E-state index is -0.671. The molecule has 1 aliphatic carbocycles. The quantitative estimate of drug-likeness (QED) is 0.835. The summed E-state index contributed by atoms with van der Waals surface area (Å²) in [5.41, 5.74) is 2.09. The minimum Gasteiger partial charge on any atom is -0.481 e. The third-order valence-corrected chi connectivity index (χ3v) is 3.69. The molecule has 1 aliphatic rings. The van der Waals surface area contributed by atoms with E-state index in [9.17, 15) is 9.90 Å². The van der Waals surface area contributed by atoms with Crippen LogP contribution in [0.15, 0.2) is 6.33 Å². The van der Waals surface area contributed by atoms with Gasteiger partial charge >= 0.3 is 5.97 Å². The molecule has 0 aromatic carbocycles. The zero-order valence-corrected chi connectivity index (χ0v) is 9.81. The second-order valence-electron chi connectivity index (χ2n) is 4.62. The molecular formula is C12H18N2O2. The van der Waals surface area contributed by atoms with E-state index >= 15 is 0 Å². The highest BCUT2D eigenvalue weighted by atomic mass is 16.4. The summed E-state index contributed by atoms with van der Waals surface area (Å²) in [6.45, 7) is 3.97. The lowest BCUT2D eigenvalue weighted by molar-refractivity contribution is -0.144. The molecule has 16 heavy (non-hydrogen) atoms. The largest absolute Gasteiger partial charge is 0.481 e. The Bertz CT molecular complexity index is 398. The molecule has 0 amide bonds. The number of imidazole rings is 1. The molecule has 88 valence electrons. The third-order valence-electron chi connectivity index (χ3n) is 3.69. The van der Waals surface area contributed by atoms with Crippen molar-refractivity contribution in [2.75, 3.05) is 0 Å². The Labute approximate surface area is 95.3 Å². The molecule has 0 aliphatic heterocycles. The lowest BCUT2D eigenvalue weighted by Gasteiger charge is -2.30. The number of hydrogen-bond donors (Lipinski definition) is 1. The lowest BCUT2D eigenvalue weighted by Crippen LogP contribution is -2.29. The van der Waals surface area contributed by atoms with Crippen molar-refractivity contribution < 1.29 is 9.90 Å². The SMILES string of the molecule is Cc1ncn(C2CCCCC2C(=O)O)c1C. The maximum absolute atomic E-state index is 11.2. The van der Waals surface area contributed by atoms with Crippen LogP contribution < -0.4 is 0 Å². The first-order valence-corrected chi connectivity index (χ1v) is 5.84. The summed E-state index contributed by atoms with van der Waals surface area (Å²) >= 11 is 0. The fourth-order valence-electron chi connectivity index (χ4n) is 2.58. The van der Waals surface area contributed by atoms with Crippen LogP contribution in [0.3, 0.4) is 0 Å². The van der Waals surface area contributed by atoms with Gasteiger partial charge in [-0.15, -0.1) is 0 Å². The average molecular weight is 222 g/mol. The van der Waals surface area contributed by atoms with Crippen molar-refractivity contribution in [2.45, 2.75) is 45.6 Å². The molecule has 0 radical (unpaired) electrons. The van der Waals surface area contributed by atoms with Gasteiger partial charge in [0.1, 0.15) is 0 Å². The van der Waals surface area contributed by atoms with Crippen LogP contribution in [0.25, 0.3) is 0 Å². The predicted octanol–water partition coefficient (Wildman–Crippen LogP) is 2.32. The number of hydrogen-bond acceptors (Lipinski definition) is 2. The van der Waals surface area contributed by atoms with Crippen LogP contribution in [0.4, 0.5) is 0 Å². The minimum absolute atomic E-state index is 0.0902. The van der Waals surface area contributed by atoms with E-state index in [1.807, 2.05) is 18.4 Å². The van der Waals surface area contributed by atoms with Gasteiger partial charge in [-0.1, -0.05) is 12.8 Å². The molecule has 2 unspecified atom stereocenters. The number of carbonyl (C=O) groups is 1. The molecule has 2 rings (SSSR count). The zero-order valence-electron chi connectivity index (χ0n) is 9.81. The highest BCUT2D eigenvalue weighted by Gasteiger charge is 2.32. The molecule has 0 saturated heterocycles. The summed E-state index contributed by atoms with van der Waals surface area (Å²) in [6.07, 6.45) is 5.67. The van der Waals surface area contributed by atoms with E-state index in [1.54, 1.807) is 6.33 Å². The van der Waals surface area contributed by atoms with E-state index in [2.05, 4.69) is 4.98 Å². The van der Waals surface area contributed by atoms with Crippen molar-refractivity contribution >= 4 is 5.97 Å². The van der Waals surface area contributed by atoms with Crippen molar-refractivity contribution in [3.05, 3.63) is 17.7 Å². The topological polar surface area (TPSA) is 55.1 Å². The second-order valence-corrected chi connectivity index (χ2v) is 4.62. The van der Waals surface area contributed by atoms with Crippen LogP contribution >= 0.6 is 0 Å². The van der Waals surface area contributed by atoms with E-state index in [1.165, 1.54) is 0 Å². The first kappa shape index (κ1) is 11.2. The van der Waals surface area contributed by atoms with E-state index < -0.39 is 5.97 Å². The van der Waals surface area contributed by atoms with Crippen molar-refractivity contribution in [3.63, 3.8) is 0 Å².